The first kappa shape index (κ1) is 21.7. The lowest BCUT2D eigenvalue weighted by Crippen LogP contribution is -2.41. The fourth-order valence-electron chi connectivity index (χ4n) is 4.26. The summed E-state index contributed by atoms with van der Waals surface area (Å²) < 4.78 is 5.23. The number of nitrogens with one attached hydrogen (secondary N) is 2. The fraction of sp³-hybridized carbons (Fsp3) is 0.727. The molecular formula is C22H37N5O2. The van der Waals surface area contributed by atoms with Gasteiger partial charge in [-0.3, -0.25) is 9.79 Å². The third-order valence-corrected chi connectivity index (χ3v) is 5.84. The van der Waals surface area contributed by atoms with Crippen molar-refractivity contribution in [3.05, 3.63) is 23.7 Å². The number of carbonyl (C=O) groups excluding carboxylic acids is 1. The molecule has 1 atom stereocenters. The van der Waals surface area contributed by atoms with Crippen molar-refractivity contribution in [1.82, 2.24) is 20.4 Å². The van der Waals surface area contributed by atoms with Gasteiger partial charge >= 0.3 is 0 Å². The Morgan fingerprint density at radius 3 is 2.79 bits per heavy atom. The second kappa shape index (κ2) is 11.2. The summed E-state index contributed by atoms with van der Waals surface area (Å²) in [5.74, 6) is 2.01. The molecule has 3 rings (SSSR count). The molecule has 0 bridgehead atoms. The van der Waals surface area contributed by atoms with Gasteiger partial charge in [0.15, 0.2) is 11.7 Å². The Morgan fingerprint density at radius 1 is 1.24 bits per heavy atom. The van der Waals surface area contributed by atoms with Crippen molar-refractivity contribution < 1.29 is 9.21 Å². The van der Waals surface area contributed by atoms with Crippen LogP contribution in [0.1, 0.15) is 55.1 Å². The second-order valence-electron chi connectivity index (χ2n) is 8.24. The van der Waals surface area contributed by atoms with Crippen LogP contribution in [0.15, 0.2) is 21.7 Å². The number of rotatable bonds is 8. The summed E-state index contributed by atoms with van der Waals surface area (Å²) in [4.78, 5) is 21.9. The molecule has 0 radical (unpaired) electrons. The van der Waals surface area contributed by atoms with Crippen LogP contribution < -0.4 is 10.6 Å². The number of hydrogen-bond acceptors (Lipinski definition) is 4. The maximum absolute atomic E-state index is 12.1. The number of amides is 1. The predicted molar refractivity (Wildman–Crippen MR) is 116 cm³/mol. The number of aryl methyl sites for hydroxylation is 1. The summed E-state index contributed by atoms with van der Waals surface area (Å²) in [5.41, 5.74) is 0.864. The maximum Gasteiger partial charge on any atom is 0.287 e. The lowest BCUT2D eigenvalue weighted by molar-refractivity contribution is 0.0925. The highest BCUT2D eigenvalue weighted by Crippen LogP contribution is 2.20. The van der Waals surface area contributed by atoms with Gasteiger partial charge < -0.3 is 24.9 Å². The molecule has 2 N–H and O–H groups in total. The van der Waals surface area contributed by atoms with Crippen LogP contribution in [-0.4, -0.2) is 74.0 Å². The van der Waals surface area contributed by atoms with Gasteiger partial charge in [-0.1, -0.05) is 6.42 Å². The molecule has 7 heteroatoms. The van der Waals surface area contributed by atoms with Crippen molar-refractivity contribution in [2.45, 2.75) is 46.0 Å². The first-order chi connectivity index (χ1) is 14.2. The smallest absolute Gasteiger partial charge is 0.287 e. The monoisotopic (exact) mass is 403 g/mol. The molecule has 0 saturated carbocycles. The van der Waals surface area contributed by atoms with Gasteiger partial charge in [-0.05, 0) is 64.6 Å². The third-order valence-electron chi connectivity index (χ3n) is 5.84. The Kier molecular flexibility index (Phi) is 8.40. The minimum absolute atomic E-state index is 0.150. The lowest BCUT2D eigenvalue weighted by atomic mass is 10.1. The van der Waals surface area contributed by atoms with Gasteiger partial charge in [0.2, 0.25) is 0 Å². The Bertz CT molecular complexity index is 666. The predicted octanol–water partition coefficient (Wildman–Crippen LogP) is 2.48. The van der Waals surface area contributed by atoms with Crippen LogP contribution in [0.5, 0.6) is 0 Å². The van der Waals surface area contributed by atoms with Gasteiger partial charge in [0.1, 0.15) is 0 Å². The average molecular weight is 404 g/mol. The highest BCUT2D eigenvalue weighted by Gasteiger charge is 2.26. The van der Waals surface area contributed by atoms with Crippen LogP contribution in [0.25, 0.3) is 0 Å². The van der Waals surface area contributed by atoms with E-state index in [1.165, 1.54) is 45.3 Å². The van der Waals surface area contributed by atoms with Crippen LogP contribution in [0.3, 0.4) is 0 Å². The van der Waals surface area contributed by atoms with Crippen LogP contribution in [-0.2, 0) is 0 Å². The van der Waals surface area contributed by atoms with Crippen molar-refractivity contribution in [3.8, 4) is 0 Å². The van der Waals surface area contributed by atoms with E-state index in [4.69, 9.17) is 9.41 Å². The molecule has 1 aromatic rings. The molecule has 162 valence electrons. The molecule has 0 aromatic carbocycles. The van der Waals surface area contributed by atoms with Crippen molar-refractivity contribution in [3.63, 3.8) is 0 Å². The molecule has 3 heterocycles. The van der Waals surface area contributed by atoms with E-state index in [1.54, 1.807) is 12.3 Å². The van der Waals surface area contributed by atoms with Gasteiger partial charge in [-0.15, -0.1) is 0 Å². The zero-order chi connectivity index (χ0) is 20.5. The van der Waals surface area contributed by atoms with Gasteiger partial charge in [0.05, 0.1) is 6.26 Å². The summed E-state index contributed by atoms with van der Waals surface area (Å²) in [6.45, 7) is 12.1. The minimum atomic E-state index is -0.150. The van der Waals surface area contributed by atoms with Gasteiger partial charge in [0, 0.05) is 44.8 Å². The molecule has 1 aromatic heterocycles. The van der Waals surface area contributed by atoms with E-state index in [-0.39, 0.29) is 5.91 Å². The standard InChI is InChI=1S/C22H37N5O2/c1-3-23-22(25-11-7-10-24-21(28)20-18(2)9-15-29-20)27-14-8-19(17-27)16-26-12-5-4-6-13-26/h9,15,19H,3-8,10-14,16-17H2,1-2H3,(H,23,25)(H,24,28). The quantitative estimate of drug-likeness (QED) is 0.396. The Labute approximate surface area is 174 Å². The number of hydrogen-bond donors (Lipinski definition) is 2. The van der Waals surface area contributed by atoms with Gasteiger partial charge in [0.25, 0.3) is 5.91 Å². The lowest BCUT2D eigenvalue weighted by Gasteiger charge is -2.29. The van der Waals surface area contributed by atoms with Crippen LogP contribution in [0.4, 0.5) is 0 Å². The zero-order valence-electron chi connectivity index (χ0n) is 18.1. The SMILES string of the molecule is CCNC(=NCCCNC(=O)c1occc1C)N1CCC(CN2CCCCC2)C1. The number of carbonyl (C=O) groups is 1. The van der Waals surface area contributed by atoms with E-state index in [1.807, 2.05) is 6.92 Å². The molecule has 7 nitrogen and oxygen atoms in total. The number of nitrogens with zero attached hydrogens (tertiary/aromatic N) is 3. The Balaban J connectivity index is 1.40. The Morgan fingerprint density at radius 2 is 2.07 bits per heavy atom. The molecular weight excluding hydrogens is 366 g/mol. The normalized spacial score (nSPS) is 20.8. The van der Waals surface area contributed by atoms with Crippen molar-refractivity contribution in [2.24, 2.45) is 10.9 Å². The largest absolute Gasteiger partial charge is 0.459 e. The van der Waals surface area contributed by atoms with E-state index in [9.17, 15) is 4.79 Å². The average Bonchev–Trinajstić information content (AvgIpc) is 3.36. The number of guanidine groups is 1. The number of aliphatic imine (C=N–C) groups is 1. The zero-order valence-corrected chi connectivity index (χ0v) is 18.1. The molecule has 2 saturated heterocycles. The molecule has 0 aliphatic carbocycles. The van der Waals surface area contributed by atoms with Crippen molar-refractivity contribution in [1.29, 1.82) is 0 Å². The highest BCUT2D eigenvalue weighted by molar-refractivity contribution is 5.92. The maximum atomic E-state index is 12.1. The fourth-order valence-corrected chi connectivity index (χ4v) is 4.26. The summed E-state index contributed by atoms with van der Waals surface area (Å²) in [6, 6.07) is 1.80. The van der Waals surface area contributed by atoms with Crippen molar-refractivity contribution in [2.75, 3.05) is 52.4 Å². The van der Waals surface area contributed by atoms with Gasteiger partial charge in [-0.2, -0.15) is 0 Å². The number of likely N-dealkylation sites (tertiary alicyclic amines) is 2. The van der Waals surface area contributed by atoms with Crippen LogP contribution in [0.2, 0.25) is 0 Å². The van der Waals surface area contributed by atoms with Gasteiger partial charge in [-0.25, -0.2) is 0 Å². The number of furan rings is 1. The van der Waals surface area contributed by atoms with Crippen LogP contribution in [0, 0.1) is 12.8 Å². The molecule has 2 fully saturated rings. The minimum Gasteiger partial charge on any atom is -0.459 e. The summed E-state index contributed by atoms with van der Waals surface area (Å²) >= 11 is 0. The molecule has 1 unspecified atom stereocenters. The highest BCUT2D eigenvalue weighted by atomic mass is 16.3. The summed E-state index contributed by atoms with van der Waals surface area (Å²) in [7, 11) is 0. The van der Waals surface area contributed by atoms with E-state index >= 15 is 0 Å². The summed E-state index contributed by atoms with van der Waals surface area (Å²) in [5, 5.41) is 6.35. The first-order valence-corrected chi connectivity index (χ1v) is 11.2. The van der Waals surface area contributed by atoms with E-state index in [0.29, 0.717) is 18.8 Å². The van der Waals surface area contributed by atoms with E-state index in [0.717, 1.165) is 43.5 Å². The molecule has 0 spiro atoms. The summed E-state index contributed by atoms with van der Waals surface area (Å²) in [6.07, 6.45) is 7.72. The Hall–Kier alpha value is -2.02. The second-order valence-corrected chi connectivity index (χ2v) is 8.24. The molecule has 2 aliphatic rings. The first-order valence-electron chi connectivity index (χ1n) is 11.2. The molecule has 2 aliphatic heterocycles. The van der Waals surface area contributed by atoms with Crippen molar-refractivity contribution >= 4 is 11.9 Å². The molecule has 29 heavy (non-hydrogen) atoms. The topological polar surface area (TPSA) is 73.1 Å². The van der Waals surface area contributed by atoms with E-state index in [2.05, 4.69) is 27.4 Å². The number of piperidine rings is 1. The molecule has 1 amide bonds. The third kappa shape index (κ3) is 6.49. The van der Waals surface area contributed by atoms with Crippen LogP contribution >= 0.6 is 0 Å². The van der Waals surface area contributed by atoms with E-state index < -0.39 is 0 Å².